The van der Waals surface area contributed by atoms with E-state index in [9.17, 15) is 4.79 Å². The second kappa shape index (κ2) is 7.23. The molecular weight excluding hydrogens is 304 g/mol. The highest BCUT2D eigenvalue weighted by atomic mass is 16.5. The molecule has 0 fully saturated rings. The van der Waals surface area contributed by atoms with Gasteiger partial charge in [0.1, 0.15) is 0 Å². The van der Waals surface area contributed by atoms with Crippen LogP contribution in [-0.2, 0) is 4.74 Å². The number of imidazole rings is 1. The van der Waals surface area contributed by atoms with Crippen LogP contribution < -0.4 is 5.32 Å². The highest BCUT2D eigenvalue weighted by molar-refractivity contribution is 5.95. The number of methoxy groups -OCH3 is 1. The van der Waals surface area contributed by atoms with Gasteiger partial charge < -0.3 is 10.1 Å². The Bertz CT molecular complexity index is 857. The van der Waals surface area contributed by atoms with Crippen molar-refractivity contribution in [1.82, 2.24) is 14.4 Å². The maximum Gasteiger partial charge on any atom is 0.180 e. The second-order valence-electron chi connectivity index (χ2n) is 5.52. The molecule has 0 saturated carbocycles. The van der Waals surface area contributed by atoms with Crippen LogP contribution in [0.2, 0.25) is 0 Å². The Morgan fingerprint density at radius 3 is 3.00 bits per heavy atom. The molecule has 0 saturated heterocycles. The number of ether oxygens (including phenoxy) is 1. The average molecular weight is 324 g/mol. The molecule has 2 heterocycles. The largest absolute Gasteiger partial charge is 0.385 e. The van der Waals surface area contributed by atoms with Gasteiger partial charge in [-0.05, 0) is 19.4 Å². The van der Waals surface area contributed by atoms with Crippen molar-refractivity contribution in [1.29, 1.82) is 0 Å². The number of rotatable bonds is 7. The molecule has 6 heteroatoms. The number of carbonyl (C=O) groups excluding carboxylic acids is 1. The Balaban J connectivity index is 1.93. The van der Waals surface area contributed by atoms with Gasteiger partial charge in [0.05, 0.1) is 11.9 Å². The number of nitrogens with one attached hydrogen (secondary N) is 1. The number of aromatic nitrogens is 3. The van der Waals surface area contributed by atoms with E-state index in [1.54, 1.807) is 26.4 Å². The maximum atomic E-state index is 11.6. The summed E-state index contributed by atoms with van der Waals surface area (Å²) in [6.07, 6.45) is 6.31. The van der Waals surface area contributed by atoms with Crippen LogP contribution in [0.15, 0.2) is 42.9 Å². The van der Waals surface area contributed by atoms with Crippen molar-refractivity contribution in [2.24, 2.45) is 0 Å². The van der Waals surface area contributed by atoms with Crippen molar-refractivity contribution in [3.05, 3.63) is 48.4 Å². The molecule has 24 heavy (non-hydrogen) atoms. The first-order chi connectivity index (χ1) is 11.7. The van der Waals surface area contributed by atoms with Crippen molar-refractivity contribution >= 4 is 17.2 Å². The summed E-state index contributed by atoms with van der Waals surface area (Å²) in [7, 11) is 1.69. The number of carbonyl (C=O) groups is 1. The molecular formula is C18H20N4O2. The summed E-state index contributed by atoms with van der Waals surface area (Å²) >= 11 is 0. The van der Waals surface area contributed by atoms with Crippen LogP contribution in [0.5, 0.6) is 0 Å². The summed E-state index contributed by atoms with van der Waals surface area (Å²) in [5.74, 6) is 0.787. The molecule has 0 aliphatic heterocycles. The number of Topliss-reactive ketones (excluding diaryl/α,β-unsaturated/α-hetero) is 1. The van der Waals surface area contributed by atoms with Crippen molar-refractivity contribution < 1.29 is 9.53 Å². The third kappa shape index (κ3) is 3.28. The fourth-order valence-corrected chi connectivity index (χ4v) is 2.58. The lowest BCUT2D eigenvalue weighted by molar-refractivity contribution is 0.101. The molecule has 1 aromatic carbocycles. The van der Waals surface area contributed by atoms with E-state index in [2.05, 4.69) is 15.3 Å². The third-order valence-corrected chi connectivity index (χ3v) is 3.81. The molecule has 0 atom stereocenters. The Hall–Kier alpha value is -2.73. The van der Waals surface area contributed by atoms with E-state index in [0.29, 0.717) is 12.2 Å². The zero-order chi connectivity index (χ0) is 16.9. The lowest BCUT2D eigenvalue weighted by Crippen LogP contribution is -2.07. The van der Waals surface area contributed by atoms with Gasteiger partial charge in [-0.15, -0.1) is 0 Å². The molecule has 6 nitrogen and oxygen atoms in total. The van der Waals surface area contributed by atoms with E-state index < -0.39 is 0 Å². The molecule has 3 aromatic rings. The molecule has 0 aliphatic rings. The Kier molecular flexibility index (Phi) is 4.86. The summed E-state index contributed by atoms with van der Waals surface area (Å²) < 4.78 is 7.03. The zero-order valence-electron chi connectivity index (χ0n) is 13.8. The maximum absolute atomic E-state index is 11.6. The third-order valence-electron chi connectivity index (χ3n) is 3.81. The first kappa shape index (κ1) is 16.1. The molecule has 1 N–H and O–H groups in total. The van der Waals surface area contributed by atoms with Crippen LogP contribution in [0.25, 0.3) is 16.9 Å². The highest BCUT2D eigenvalue weighted by Gasteiger charge is 2.11. The Morgan fingerprint density at radius 1 is 1.33 bits per heavy atom. The molecule has 0 unspecified atom stereocenters. The normalized spacial score (nSPS) is 10.9. The number of fused-ring (bicyclic) bond motifs is 1. The van der Waals surface area contributed by atoms with E-state index in [4.69, 9.17) is 4.74 Å². The fourth-order valence-electron chi connectivity index (χ4n) is 2.58. The molecule has 2 aromatic heterocycles. The van der Waals surface area contributed by atoms with Gasteiger partial charge in [0.15, 0.2) is 17.2 Å². The van der Waals surface area contributed by atoms with Gasteiger partial charge in [-0.1, -0.05) is 18.2 Å². The van der Waals surface area contributed by atoms with Crippen LogP contribution in [0, 0.1) is 0 Å². The Morgan fingerprint density at radius 2 is 2.21 bits per heavy atom. The summed E-state index contributed by atoms with van der Waals surface area (Å²) in [6.45, 7) is 3.04. The zero-order valence-corrected chi connectivity index (χ0v) is 13.8. The minimum atomic E-state index is 0.0489. The molecule has 0 bridgehead atoms. The number of benzene rings is 1. The molecule has 0 aliphatic carbocycles. The Labute approximate surface area is 140 Å². The fraction of sp³-hybridized carbons (Fsp3) is 0.278. The van der Waals surface area contributed by atoms with Crippen molar-refractivity contribution in [2.45, 2.75) is 13.3 Å². The minimum Gasteiger partial charge on any atom is -0.385 e. The second-order valence-corrected chi connectivity index (χ2v) is 5.52. The smallest absolute Gasteiger partial charge is 0.180 e. The first-order valence-corrected chi connectivity index (χ1v) is 7.87. The van der Waals surface area contributed by atoms with Crippen LogP contribution in [0.1, 0.15) is 23.7 Å². The number of hydrogen-bond donors (Lipinski definition) is 1. The lowest BCUT2D eigenvalue weighted by Gasteiger charge is -2.08. The summed E-state index contributed by atoms with van der Waals surface area (Å²) in [4.78, 5) is 20.5. The van der Waals surface area contributed by atoms with Crippen molar-refractivity contribution in [2.75, 3.05) is 25.6 Å². The predicted octanol–water partition coefficient (Wildman–Crippen LogP) is 3.05. The summed E-state index contributed by atoms with van der Waals surface area (Å²) in [5.41, 5.74) is 3.33. The van der Waals surface area contributed by atoms with Gasteiger partial charge in [0, 0.05) is 43.8 Å². The number of nitrogens with zero attached hydrogens (tertiary/aromatic N) is 3. The number of anilines is 1. The van der Waals surface area contributed by atoms with Crippen LogP contribution in [0.3, 0.4) is 0 Å². The standard InChI is InChI=1S/C18H20N4O2/c1-13(23)14-5-3-6-15(11-14)16-12-21-18-17(19-7-4-10-24-2)20-8-9-22(16)18/h3,5-6,8-9,11-12H,4,7,10H2,1-2H3,(H,19,20). The van der Waals surface area contributed by atoms with Crippen LogP contribution in [-0.4, -0.2) is 40.4 Å². The lowest BCUT2D eigenvalue weighted by atomic mass is 10.1. The summed E-state index contributed by atoms with van der Waals surface area (Å²) in [6, 6.07) is 7.57. The van der Waals surface area contributed by atoms with Gasteiger partial charge in [0.25, 0.3) is 0 Å². The molecule has 0 radical (unpaired) electrons. The molecule has 124 valence electrons. The van der Waals surface area contributed by atoms with Gasteiger partial charge in [-0.3, -0.25) is 9.20 Å². The average Bonchev–Trinajstić information content (AvgIpc) is 3.03. The quantitative estimate of drug-likeness (QED) is 0.534. The highest BCUT2D eigenvalue weighted by Crippen LogP contribution is 2.24. The SMILES string of the molecule is COCCCNc1nccn2c(-c3cccc(C(C)=O)c3)cnc12. The van der Waals surface area contributed by atoms with Gasteiger partial charge in [0.2, 0.25) is 0 Å². The monoisotopic (exact) mass is 324 g/mol. The van der Waals surface area contributed by atoms with Crippen molar-refractivity contribution in [3.8, 4) is 11.3 Å². The minimum absolute atomic E-state index is 0.0489. The van der Waals surface area contributed by atoms with E-state index >= 15 is 0 Å². The molecule has 0 spiro atoms. The first-order valence-electron chi connectivity index (χ1n) is 7.87. The van der Waals surface area contributed by atoms with Gasteiger partial charge >= 0.3 is 0 Å². The topological polar surface area (TPSA) is 68.5 Å². The van der Waals surface area contributed by atoms with E-state index in [-0.39, 0.29) is 5.78 Å². The van der Waals surface area contributed by atoms with E-state index in [1.165, 1.54) is 0 Å². The van der Waals surface area contributed by atoms with Crippen LogP contribution >= 0.6 is 0 Å². The van der Waals surface area contributed by atoms with Gasteiger partial charge in [-0.25, -0.2) is 9.97 Å². The van der Waals surface area contributed by atoms with Crippen molar-refractivity contribution in [3.63, 3.8) is 0 Å². The van der Waals surface area contributed by atoms with Crippen LogP contribution in [0.4, 0.5) is 5.82 Å². The summed E-state index contributed by atoms with van der Waals surface area (Å²) in [5, 5.41) is 3.29. The number of ketones is 1. The molecule has 0 amide bonds. The molecule has 3 rings (SSSR count). The predicted molar refractivity (Wildman–Crippen MR) is 93.4 cm³/mol. The van der Waals surface area contributed by atoms with Gasteiger partial charge in [-0.2, -0.15) is 0 Å². The number of hydrogen-bond acceptors (Lipinski definition) is 5. The van der Waals surface area contributed by atoms with E-state index in [1.807, 2.05) is 34.9 Å². The van der Waals surface area contributed by atoms with E-state index in [0.717, 1.165) is 35.7 Å².